The molecule has 0 aromatic carbocycles. The van der Waals surface area contributed by atoms with Crippen molar-refractivity contribution in [3.8, 4) is 0 Å². The van der Waals surface area contributed by atoms with Crippen molar-refractivity contribution in [2.75, 3.05) is 6.61 Å². The lowest BCUT2D eigenvalue weighted by Gasteiger charge is -2.39. The van der Waals surface area contributed by atoms with Crippen LogP contribution in [0, 0.1) is 0 Å². The quantitative estimate of drug-likeness (QED) is 0.298. The van der Waals surface area contributed by atoms with Gasteiger partial charge < -0.3 is 24.4 Å². The van der Waals surface area contributed by atoms with E-state index in [0.717, 1.165) is 13.8 Å². The zero-order valence-electron chi connectivity index (χ0n) is 10.9. The molecule has 1 aliphatic rings. The van der Waals surface area contributed by atoms with Crippen LogP contribution in [0.3, 0.4) is 0 Å². The van der Waals surface area contributed by atoms with Gasteiger partial charge in [-0.1, -0.05) is 5.11 Å². The first-order chi connectivity index (χ1) is 9.36. The molecule has 1 saturated heterocycles. The molecule has 0 amide bonds. The Hall–Kier alpha value is -1.87. The van der Waals surface area contributed by atoms with Gasteiger partial charge in [-0.3, -0.25) is 9.59 Å². The predicted octanol–water partition coefficient (Wildman–Crippen LogP) is -0.762. The molecule has 1 aliphatic heterocycles. The minimum absolute atomic E-state index is 0.339. The average molecular weight is 289 g/mol. The average Bonchev–Trinajstić information content (AvgIpc) is 2.36. The number of carbonyl (C=O) groups is 2. The first kappa shape index (κ1) is 16.2. The van der Waals surface area contributed by atoms with Crippen LogP contribution in [-0.4, -0.2) is 59.4 Å². The summed E-state index contributed by atoms with van der Waals surface area (Å²) in [5, 5.41) is 22.9. The Kier molecular flexibility index (Phi) is 5.71. The monoisotopic (exact) mass is 289 g/mol. The summed E-state index contributed by atoms with van der Waals surface area (Å²) in [5.41, 5.74) is 8.42. The minimum Gasteiger partial charge on any atom is -0.463 e. The molecular formula is C10H15N3O7. The van der Waals surface area contributed by atoms with E-state index in [0.29, 0.717) is 0 Å². The number of aliphatic hydroxyl groups excluding tert-OH is 2. The van der Waals surface area contributed by atoms with E-state index >= 15 is 0 Å². The molecule has 4 unspecified atom stereocenters. The molecule has 5 atom stereocenters. The maximum atomic E-state index is 11.0. The molecule has 0 radical (unpaired) electrons. The Labute approximate surface area is 113 Å². The Morgan fingerprint density at radius 2 is 1.95 bits per heavy atom. The highest BCUT2D eigenvalue weighted by Crippen LogP contribution is 2.25. The molecule has 0 aromatic heterocycles. The molecule has 1 rings (SSSR count). The largest absolute Gasteiger partial charge is 0.463 e. The van der Waals surface area contributed by atoms with Crippen LogP contribution in [0.15, 0.2) is 5.11 Å². The van der Waals surface area contributed by atoms with Gasteiger partial charge in [0.25, 0.3) is 0 Å². The number of aliphatic hydroxyl groups is 2. The van der Waals surface area contributed by atoms with E-state index in [1.807, 2.05) is 0 Å². The number of hydrogen-bond acceptors (Lipinski definition) is 8. The van der Waals surface area contributed by atoms with Gasteiger partial charge >= 0.3 is 11.9 Å². The van der Waals surface area contributed by atoms with E-state index < -0.39 is 42.6 Å². The number of azide groups is 1. The third kappa shape index (κ3) is 4.07. The van der Waals surface area contributed by atoms with E-state index in [-0.39, 0.29) is 6.61 Å². The highest BCUT2D eigenvalue weighted by atomic mass is 16.7. The van der Waals surface area contributed by atoms with Crippen molar-refractivity contribution in [3.05, 3.63) is 10.4 Å². The summed E-state index contributed by atoms with van der Waals surface area (Å²) >= 11 is 0. The third-order valence-electron chi connectivity index (χ3n) is 2.59. The fourth-order valence-electron chi connectivity index (χ4n) is 1.70. The van der Waals surface area contributed by atoms with Crippen molar-refractivity contribution < 1.29 is 34.0 Å². The van der Waals surface area contributed by atoms with Crippen molar-refractivity contribution in [1.82, 2.24) is 0 Å². The second-order valence-electron chi connectivity index (χ2n) is 4.13. The Morgan fingerprint density at radius 1 is 1.30 bits per heavy atom. The van der Waals surface area contributed by atoms with Crippen LogP contribution >= 0.6 is 0 Å². The molecule has 1 fully saturated rings. The summed E-state index contributed by atoms with van der Waals surface area (Å²) in [6, 6.07) is -1.30. The Balaban J connectivity index is 2.85. The summed E-state index contributed by atoms with van der Waals surface area (Å²) in [5.74, 6) is -1.32. The number of esters is 2. The molecule has 10 nitrogen and oxygen atoms in total. The molecule has 10 heteroatoms. The van der Waals surface area contributed by atoms with Gasteiger partial charge in [0.2, 0.25) is 6.29 Å². The van der Waals surface area contributed by atoms with E-state index in [9.17, 15) is 19.8 Å². The predicted molar refractivity (Wildman–Crippen MR) is 62.0 cm³/mol. The van der Waals surface area contributed by atoms with Gasteiger partial charge in [0.15, 0.2) is 0 Å². The summed E-state index contributed by atoms with van der Waals surface area (Å²) in [7, 11) is 0. The zero-order chi connectivity index (χ0) is 15.3. The van der Waals surface area contributed by atoms with Crippen molar-refractivity contribution in [3.63, 3.8) is 0 Å². The summed E-state index contributed by atoms with van der Waals surface area (Å²) in [6.07, 6.45) is -5.47. The lowest BCUT2D eigenvalue weighted by Crippen LogP contribution is -2.58. The standard InChI is InChI=1S/C10H15N3O7/c1-4(14)18-3-6-8(16)9(17)7(12-13-11)10(20-6)19-5(2)15/h6-10,16-17H,3H2,1-2H3/t6?,7?,8?,9-,10?/m0/s1. The maximum absolute atomic E-state index is 11.0. The van der Waals surface area contributed by atoms with Crippen LogP contribution in [0.5, 0.6) is 0 Å². The fourth-order valence-corrected chi connectivity index (χ4v) is 1.70. The lowest BCUT2D eigenvalue weighted by atomic mass is 9.98. The molecule has 112 valence electrons. The lowest BCUT2D eigenvalue weighted by molar-refractivity contribution is -0.259. The van der Waals surface area contributed by atoms with Crippen LogP contribution in [0.2, 0.25) is 0 Å². The van der Waals surface area contributed by atoms with E-state index in [1.54, 1.807) is 0 Å². The first-order valence-electron chi connectivity index (χ1n) is 5.73. The minimum atomic E-state index is -1.52. The highest BCUT2D eigenvalue weighted by molar-refractivity contribution is 5.66. The van der Waals surface area contributed by atoms with E-state index in [1.165, 1.54) is 0 Å². The number of ether oxygens (including phenoxy) is 3. The second-order valence-corrected chi connectivity index (χ2v) is 4.13. The molecule has 0 aromatic rings. The Morgan fingerprint density at radius 3 is 2.45 bits per heavy atom. The van der Waals surface area contributed by atoms with Gasteiger partial charge in [0.05, 0.1) is 6.10 Å². The number of rotatable bonds is 4. The number of hydrogen-bond donors (Lipinski definition) is 2. The molecule has 0 saturated carbocycles. The smallest absolute Gasteiger partial charge is 0.304 e. The highest BCUT2D eigenvalue weighted by Gasteiger charge is 2.46. The van der Waals surface area contributed by atoms with Gasteiger partial charge in [-0.2, -0.15) is 0 Å². The van der Waals surface area contributed by atoms with Gasteiger partial charge in [-0.25, -0.2) is 0 Å². The molecule has 20 heavy (non-hydrogen) atoms. The van der Waals surface area contributed by atoms with Crippen LogP contribution < -0.4 is 0 Å². The Bertz CT molecular complexity index is 423. The van der Waals surface area contributed by atoms with Crippen LogP contribution in [-0.2, 0) is 23.8 Å². The van der Waals surface area contributed by atoms with E-state index in [2.05, 4.69) is 14.8 Å². The van der Waals surface area contributed by atoms with Crippen LogP contribution in [0.4, 0.5) is 0 Å². The van der Waals surface area contributed by atoms with Gasteiger partial charge in [-0.05, 0) is 5.53 Å². The topological polar surface area (TPSA) is 151 Å². The number of carbonyl (C=O) groups excluding carboxylic acids is 2. The molecule has 0 bridgehead atoms. The van der Waals surface area contributed by atoms with Gasteiger partial charge in [-0.15, -0.1) is 0 Å². The van der Waals surface area contributed by atoms with Crippen molar-refractivity contribution >= 4 is 11.9 Å². The van der Waals surface area contributed by atoms with Crippen LogP contribution in [0.1, 0.15) is 13.8 Å². The van der Waals surface area contributed by atoms with Gasteiger partial charge in [0, 0.05) is 18.8 Å². The number of nitrogens with zero attached hydrogens (tertiary/aromatic N) is 3. The molecule has 0 spiro atoms. The zero-order valence-corrected chi connectivity index (χ0v) is 10.9. The van der Waals surface area contributed by atoms with Crippen molar-refractivity contribution in [2.45, 2.75) is 44.5 Å². The second kappa shape index (κ2) is 7.06. The van der Waals surface area contributed by atoms with Crippen molar-refractivity contribution in [2.24, 2.45) is 5.11 Å². The summed E-state index contributed by atoms with van der Waals surface area (Å²) < 4.78 is 14.6. The first-order valence-corrected chi connectivity index (χ1v) is 5.73. The van der Waals surface area contributed by atoms with Gasteiger partial charge in [0.1, 0.15) is 24.9 Å². The summed E-state index contributed by atoms with van der Waals surface area (Å²) in [4.78, 5) is 24.2. The fraction of sp³-hybridized carbons (Fsp3) is 0.800. The maximum Gasteiger partial charge on any atom is 0.304 e. The molecule has 2 N–H and O–H groups in total. The molecular weight excluding hydrogens is 274 g/mol. The summed E-state index contributed by atoms with van der Waals surface area (Å²) in [6.45, 7) is 1.93. The normalized spacial score (nSPS) is 32.9. The van der Waals surface area contributed by atoms with Crippen LogP contribution in [0.25, 0.3) is 10.4 Å². The molecule has 0 aliphatic carbocycles. The third-order valence-corrected chi connectivity index (χ3v) is 2.59. The van der Waals surface area contributed by atoms with Crippen molar-refractivity contribution in [1.29, 1.82) is 0 Å². The SMILES string of the molecule is CC(=O)OCC1OC(OC(C)=O)C(N=[N+]=[N-])[C@H](O)C1O. The van der Waals surface area contributed by atoms with E-state index in [4.69, 9.17) is 15.0 Å². The molecule has 1 heterocycles.